The van der Waals surface area contributed by atoms with E-state index in [0.717, 1.165) is 39.0 Å². The maximum Gasteiger partial charge on any atom is 0.224 e. The van der Waals surface area contributed by atoms with Gasteiger partial charge < -0.3 is 20.9 Å². The summed E-state index contributed by atoms with van der Waals surface area (Å²) in [6.45, 7) is 3.93. The number of hydrogen-bond donors (Lipinski definition) is 2. The van der Waals surface area contributed by atoms with Gasteiger partial charge in [0.05, 0.1) is 0 Å². The molecule has 3 rings (SSSR count). The number of fused-ring (bicyclic) bond motifs is 2. The van der Waals surface area contributed by atoms with Crippen molar-refractivity contribution in [2.75, 3.05) is 39.8 Å². The Balaban J connectivity index is 0.00000169. The summed E-state index contributed by atoms with van der Waals surface area (Å²) in [5.41, 5.74) is 6.29. The lowest BCUT2D eigenvalue weighted by Gasteiger charge is -2.43. The van der Waals surface area contributed by atoms with Crippen LogP contribution in [0, 0.1) is 17.8 Å². The van der Waals surface area contributed by atoms with Gasteiger partial charge in [0, 0.05) is 51.1 Å². The van der Waals surface area contributed by atoms with E-state index in [9.17, 15) is 9.59 Å². The normalized spacial score (nSPS) is 31.4. The van der Waals surface area contributed by atoms with Gasteiger partial charge in [0.1, 0.15) is 0 Å². The van der Waals surface area contributed by atoms with Crippen LogP contribution >= 0.6 is 24.8 Å². The Labute approximate surface area is 169 Å². The molecule has 0 aromatic carbocycles. The summed E-state index contributed by atoms with van der Waals surface area (Å²) in [4.78, 5) is 28.8. The fourth-order valence-corrected chi connectivity index (χ4v) is 4.65. The number of hydrogen-bond acceptors (Lipinski definition) is 4. The van der Waals surface area contributed by atoms with Gasteiger partial charge in [0.2, 0.25) is 11.8 Å². The van der Waals surface area contributed by atoms with Crippen LogP contribution in [0.1, 0.15) is 38.5 Å². The van der Waals surface area contributed by atoms with Crippen LogP contribution in [0.3, 0.4) is 0 Å². The number of nitrogens with zero attached hydrogens (tertiary/aromatic N) is 2. The fraction of sp³-hybridized carbons (Fsp3) is 0.889. The highest BCUT2D eigenvalue weighted by molar-refractivity contribution is 5.85. The van der Waals surface area contributed by atoms with Crippen molar-refractivity contribution in [3.63, 3.8) is 0 Å². The van der Waals surface area contributed by atoms with Crippen LogP contribution in [-0.2, 0) is 9.59 Å². The highest BCUT2D eigenvalue weighted by atomic mass is 35.5. The zero-order valence-corrected chi connectivity index (χ0v) is 17.3. The van der Waals surface area contributed by atoms with Crippen LogP contribution in [-0.4, -0.2) is 67.4 Å². The van der Waals surface area contributed by atoms with E-state index >= 15 is 0 Å². The van der Waals surface area contributed by atoms with Crippen molar-refractivity contribution >= 4 is 36.6 Å². The van der Waals surface area contributed by atoms with Gasteiger partial charge in [-0.15, -0.1) is 24.8 Å². The number of nitrogens with two attached hydrogens (primary N) is 1. The number of rotatable bonds is 4. The van der Waals surface area contributed by atoms with Crippen LogP contribution in [0.15, 0.2) is 0 Å². The van der Waals surface area contributed by atoms with Crippen molar-refractivity contribution < 1.29 is 9.59 Å². The van der Waals surface area contributed by atoms with E-state index in [1.54, 1.807) is 0 Å². The molecule has 2 unspecified atom stereocenters. The standard InChI is InChI=1S/C18H32N4O2.2ClH/c1-21-7-9-22(10-8-21)16(23)5-6-20-18(24)15-11-13-3-2-4-14(12-15)17(13)19;;/h13-15,17H,2-12,19H2,1H3,(H,20,24);2*1H. The van der Waals surface area contributed by atoms with Crippen LogP contribution in [0.25, 0.3) is 0 Å². The Morgan fingerprint density at radius 2 is 1.62 bits per heavy atom. The van der Waals surface area contributed by atoms with Crippen LogP contribution in [0.4, 0.5) is 0 Å². The van der Waals surface area contributed by atoms with E-state index in [1.165, 1.54) is 19.3 Å². The summed E-state index contributed by atoms with van der Waals surface area (Å²) in [6.07, 6.45) is 5.87. The molecule has 0 radical (unpaired) electrons. The molecule has 1 saturated heterocycles. The van der Waals surface area contributed by atoms with Crippen molar-refractivity contribution in [3.05, 3.63) is 0 Å². The van der Waals surface area contributed by atoms with Crippen LogP contribution < -0.4 is 11.1 Å². The van der Waals surface area contributed by atoms with E-state index in [2.05, 4.69) is 17.3 Å². The summed E-state index contributed by atoms with van der Waals surface area (Å²) >= 11 is 0. The molecule has 0 spiro atoms. The molecule has 2 saturated carbocycles. The molecule has 2 bridgehead atoms. The predicted octanol–water partition coefficient (Wildman–Crippen LogP) is 1.26. The number of halogens is 2. The summed E-state index contributed by atoms with van der Waals surface area (Å²) < 4.78 is 0. The van der Waals surface area contributed by atoms with Gasteiger partial charge in [-0.3, -0.25) is 9.59 Å². The van der Waals surface area contributed by atoms with Crippen molar-refractivity contribution in [1.82, 2.24) is 15.1 Å². The second-order valence-electron chi connectivity index (χ2n) is 7.92. The number of piperazine rings is 1. The van der Waals surface area contributed by atoms with E-state index in [0.29, 0.717) is 30.8 Å². The first-order valence-corrected chi connectivity index (χ1v) is 9.54. The van der Waals surface area contributed by atoms with Gasteiger partial charge in [-0.2, -0.15) is 0 Å². The van der Waals surface area contributed by atoms with Crippen molar-refractivity contribution in [3.8, 4) is 0 Å². The largest absolute Gasteiger partial charge is 0.355 e. The zero-order chi connectivity index (χ0) is 17.1. The molecule has 0 aromatic heterocycles. The summed E-state index contributed by atoms with van der Waals surface area (Å²) in [5.74, 6) is 1.41. The number of nitrogens with one attached hydrogen (secondary N) is 1. The summed E-state index contributed by atoms with van der Waals surface area (Å²) in [5, 5.41) is 3.00. The Hall–Kier alpha value is -0.560. The number of likely N-dealkylation sites (N-methyl/N-ethyl adjacent to an activating group) is 1. The highest BCUT2D eigenvalue weighted by Gasteiger charge is 2.40. The van der Waals surface area contributed by atoms with Gasteiger partial charge in [0.15, 0.2) is 0 Å². The van der Waals surface area contributed by atoms with Crippen LogP contribution in [0.2, 0.25) is 0 Å². The maximum atomic E-state index is 12.5. The van der Waals surface area contributed by atoms with Crippen molar-refractivity contribution in [1.29, 1.82) is 0 Å². The highest BCUT2D eigenvalue weighted by Crippen LogP contribution is 2.41. The first kappa shape index (κ1) is 23.5. The van der Waals surface area contributed by atoms with E-state index in [-0.39, 0.29) is 42.5 Å². The second kappa shape index (κ2) is 10.7. The van der Waals surface area contributed by atoms with Crippen LogP contribution in [0.5, 0.6) is 0 Å². The van der Waals surface area contributed by atoms with E-state index in [1.807, 2.05) is 4.90 Å². The molecule has 0 aromatic rings. The molecule has 1 heterocycles. The monoisotopic (exact) mass is 408 g/mol. The minimum atomic E-state index is 0. The summed E-state index contributed by atoms with van der Waals surface area (Å²) in [6, 6.07) is 0.293. The third-order valence-corrected chi connectivity index (χ3v) is 6.28. The molecule has 26 heavy (non-hydrogen) atoms. The quantitative estimate of drug-likeness (QED) is 0.733. The van der Waals surface area contributed by atoms with Gasteiger partial charge in [-0.1, -0.05) is 6.42 Å². The first-order valence-electron chi connectivity index (χ1n) is 9.54. The first-order chi connectivity index (χ1) is 11.5. The molecule has 1 aliphatic heterocycles. The minimum Gasteiger partial charge on any atom is -0.355 e. The van der Waals surface area contributed by atoms with Crippen molar-refractivity contribution in [2.24, 2.45) is 23.5 Å². The zero-order valence-electron chi connectivity index (χ0n) is 15.7. The lowest BCUT2D eigenvalue weighted by Crippen LogP contribution is -2.49. The molecule has 6 nitrogen and oxygen atoms in total. The molecule has 2 aliphatic carbocycles. The molecular formula is C18H34Cl2N4O2. The summed E-state index contributed by atoms with van der Waals surface area (Å²) in [7, 11) is 2.08. The Kier molecular flexibility index (Phi) is 9.65. The van der Waals surface area contributed by atoms with Gasteiger partial charge in [-0.05, 0) is 44.6 Å². The third-order valence-electron chi connectivity index (χ3n) is 6.28. The predicted molar refractivity (Wildman–Crippen MR) is 108 cm³/mol. The maximum absolute atomic E-state index is 12.5. The van der Waals surface area contributed by atoms with Gasteiger partial charge in [-0.25, -0.2) is 0 Å². The molecule has 2 amide bonds. The lowest BCUT2D eigenvalue weighted by atomic mass is 9.65. The van der Waals surface area contributed by atoms with Crippen molar-refractivity contribution in [2.45, 2.75) is 44.6 Å². The Morgan fingerprint density at radius 1 is 1.04 bits per heavy atom. The van der Waals surface area contributed by atoms with Gasteiger partial charge in [0.25, 0.3) is 0 Å². The Morgan fingerprint density at radius 3 is 2.19 bits per heavy atom. The number of carbonyl (C=O) groups is 2. The lowest BCUT2D eigenvalue weighted by molar-refractivity contribution is -0.133. The molecule has 3 aliphatic rings. The SMILES string of the molecule is CN1CCN(C(=O)CCNC(=O)C2CC3CCCC(C2)C3N)CC1.Cl.Cl. The van der Waals surface area contributed by atoms with E-state index in [4.69, 9.17) is 5.73 Å². The smallest absolute Gasteiger partial charge is 0.224 e. The second-order valence-corrected chi connectivity index (χ2v) is 7.92. The minimum absolute atomic E-state index is 0. The van der Waals surface area contributed by atoms with E-state index < -0.39 is 0 Å². The molecule has 152 valence electrons. The molecule has 3 N–H and O–H groups in total. The molecular weight excluding hydrogens is 375 g/mol. The fourth-order valence-electron chi connectivity index (χ4n) is 4.65. The molecule has 8 heteroatoms. The number of carbonyl (C=O) groups excluding carboxylic acids is 2. The Bertz CT molecular complexity index is 458. The van der Waals surface area contributed by atoms with Gasteiger partial charge >= 0.3 is 0 Å². The average Bonchev–Trinajstić information content (AvgIpc) is 2.55. The molecule has 3 fully saturated rings. The third kappa shape index (κ3) is 5.72. The average molecular weight is 409 g/mol. The molecule has 2 atom stereocenters. The number of amides is 2. The topological polar surface area (TPSA) is 78.7 Å².